The molecule has 0 aromatic heterocycles. The van der Waals surface area contributed by atoms with E-state index in [2.05, 4.69) is 25.7 Å². The molecule has 0 unspecified atom stereocenters. The van der Waals surface area contributed by atoms with Crippen molar-refractivity contribution in [1.29, 1.82) is 0 Å². The lowest BCUT2D eigenvalue weighted by Gasteiger charge is -2.33. The number of carbonyl (C=O) groups excluding carboxylic acids is 3. The minimum Gasteiger partial charge on any atom is -0.451 e. The van der Waals surface area contributed by atoms with E-state index in [-0.39, 0.29) is 11.8 Å². The molecule has 3 rings (SSSR count). The molecular formula is C36H50N2O5. The van der Waals surface area contributed by atoms with E-state index in [4.69, 9.17) is 10.5 Å². The highest BCUT2D eigenvalue weighted by atomic mass is 16.5. The predicted molar refractivity (Wildman–Crippen MR) is 170 cm³/mol. The molecule has 1 aliphatic rings. The highest BCUT2D eigenvalue weighted by Gasteiger charge is 2.34. The summed E-state index contributed by atoms with van der Waals surface area (Å²) < 4.78 is 5.79. The molecule has 0 aliphatic heterocycles. The van der Waals surface area contributed by atoms with Crippen molar-refractivity contribution < 1.29 is 24.2 Å². The third kappa shape index (κ3) is 11.6. The molecule has 2 amide bonds. The van der Waals surface area contributed by atoms with Crippen molar-refractivity contribution in [2.75, 3.05) is 0 Å². The Balaban J connectivity index is 1.79. The summed E-state index contributed by atoms with van der Waals surface area (Å²) in [6.07, 6.45) is 6.69. The Morgan fingerprint density at radius 1 is 0.977 bits per heavy atom. The van der Waals surface area contributed by atoms with Crippen molar-refractivity contribution >= 4 is 17.8 Å². The Kier molecular flexibility index (Phi) is 13.9. The van der Waals surface area contributed by atoms with E-state index in [1.54, 1.807) is 0 Å². The van der Waals surface area contributed by atoms with E-state index in [1.165, 1.54) is 6.42 Å². The zero-order chi connectivity index (χ0) is 31.2. The van der Waals surface area contributed by atoms with Crippen LogP contribution < -0.4 is 11.1 Å². The number of nitrogens with two attached hydrogens (primary N) is 1. The molecule has 4 atom stereocenters. The molecule has 43 heavy (non-hydrogen) atoms. The van der Waals surface area contributed by atoms with Crippen LogP contribution in [0.2, 0.25) is 0 Å². The zero-order valence-electron chi connectivity index (χ0n) is 25.8. The molecular weight excluding hydrogens is 540 g/mol. The lowest BCUT2D eigenvalue weighted by atomic mass is 9.81. The van der Waals surface area contributed by atoms with Gasteiger partial charge in [0.25, 0.3) is 5.91 Å². The lowest BCUT2D eigenvalue weighted by molar-refractivity contribution is -0.161. The molecule has 0 saturated heterocycles. The highest BCUT2D eigenvalue weighted by molar-refractivity contribution is 5.89. The Morgan fingerprint density at radius 2 is 1.53 bits per heavy atom. The van der Waals surface area contributed by atoms with Crippen LogP contribution in [0.25, 0.3) is 0 Å². The van der Waals surface area contributed by atoms with Crippen molar-refractivity contribution in [2.24, 2.45) is 29.4 Å². The summed E-state index contributed by atoms with van der Waals surface area (Å²) in [5, 5.41) is 14.3. The van der Waals surface area contributed by atoms with E-state index in [9.17, 15) is 19.5 Å². The molecule has 7 nitrogen and oxygen atoms in total. The van der Waals surface area contributed by atoms with Gasteiger partial charge >= 0.3 is 5.97 Å². The number of aliphatic hydroxyl groups excluding tert-OH is 1. The molecule has 2 aromatic rings. The quantitative estimate of drug-likeness (QED) is 0.165. The Labute approximate surface area is 257 Å². The predicted octanol–water partition coefficient (Wildman–Crippen LogP) is 5.54. The number of benzene rings is 2. The number of aliphatic hydroxyl groups is 1. The van der Waals surface area contributed by atoms with Gasteiger partial charge < -0.3 is 20.9 Å². The van der Waals surface area contributed by atoms with Gasteiger partial charge in [-0.05, 0) is 54.6 Å². The highest BCUT2D eigenvalue weighted by Crippen LogP contribution is 2.30. The van der Waals surface area contributed by atoms with Crippen molar-refractivity contribution in [1.82, 2.24) is 5.32 Å². The Morgan fingerprint density at radius 3 is 2.02 bits per heavy atom. The van der Waals surface area contributed by atoms with Crippen molar-refractivity contribution in [3.63, 3.8) is 0 Å². The van der Waals surface area contributed by atoms with Crippen LogP contribution in [0.4, 0.5) is 0 Å². The summed E-state index contributed by atoms with van der Waals surface area (Å²) in [4.78, 5) is 39.3. The van der Waals surface area contributed by atoms with Crippen LogP contribution in [0, 0.1) is 23.7 Å². The van der Waals surface area contributed by atoms with Gasteiger partial charge in [0.1, 0.15) is 0 Å². The fraction of sp³-hybridized carbons (Fsp3) is 0.528. The zero-order valence-corrected chi connectivity index (χ0v) is 25.8. The third-order valence-electron chi connectivity index (χ3n) is 8.70. The molecule has 7 heteroatoms. The average molecular weight is 591 g/mol. The van der Waals surface area contributed by atoms with Gasteiger partial charge in [-0.3, -0.25) is 14.4 Å². The van der Waals surface area contributed by atoms with Gasteiger partial charge in [0.05, 0.1) is 24.5 Å². The first-order chi connectivity index (χ1) is 20.7. The topological polar surface area (TPSA) is 119 Å². The van der Waals surface area contributed by atoms with Crippen LogP contribution >= 0.6 is 0 Å². The second-order valence-corrected chi connectivity index (χ2v) is 12.5. The van der Waals surface area contributed by atoms with E-state index in [1.807, 2.05) is 66.7 Å². The number of primary amides is 1. The van der Waals surface area contributed by atoms with E-state index >= 15 is 0 Å². The molecule has 2 aromatic carbocycles. The van der Waals surface area contributed by atoms with Crippen LogP contribution in [-0.2, 0) is 32.0 Å². The molecule has 1 fully saturated rings. The minimum atomic E-state index is -1.39. The Bertz CT molecular complexity index is 1110. The van der Waals surface area contributed by atoms with E-state index in [0.717, 1.165) is 36.8 Å². The fourth-order valence-electron chi connectivity index (χ4n) is 6.10. The van der Waals surface area contributed by atoms with Crippen LogP contribution in [-0.4, -0.2) is 41.1 Å². The molecule has 1 aliphatic carbocycles. The van der Waals surface area contributed by atoms with Crippen LogP contribution in [0.5, 0.6) is 0 Å². The van der Waals surface area contributed by atoms with Crippen molar-refractivity contribution in [2.45, 2.75) is 96.3 Å². The maximum Gasteiger partial charge on any atom is 0.310 e. The van der Waals surface area contributed by atoms with Gasteiger partial charge in [0, 0.05) is 0 Å². The standard InChI is InChI=1S/C36H50N2O5/c1-4-29(25(2)3)23-32(39)31(22-28-18-12-7-13-19-28)38-35(41)33(24-34(37)40)43-36(42)30(20-26-14-8-5-9-15-26)21-27-16-10-6-11-17-27/h4-6,8-11,14-17,25,28-33,39H,1,7,12-13,18-24H2,2-3H3,(H2,37,40)(H,38,41)/t29-,31-,32-,33-/m0/s1. The average Bonchev–Trinajstić information content (AvgIpc) is 2.99. The van der Waals surface area contributed by atoms with Gasteiger partial charge in [-0.15, -0.1) is 6.58 Å². The second kappa shape index (κ2) is 17.6. The first-order valence-electron chi connectivity index (χ1n) is 15.8. The fourth-order valence-corrected chi connectivity index (χ4v) is 6.10. The van der Waals surface area contributed by atoms with Gasteiger partial charge in [0.15, 0.2) is 6.10 Å². The first-order valence-corrected chi connectivity index (χ1v) is 15.8. The van der Waals surface area contributed by atoms with Gasteiger partial charge in [0.2, 0.25) is 5.91 Å². The molecule has 0 radical (unpaired) electrons. The van der Waals surface area contributed by atoms with Gasteiger partial charge in [-0.25, -0.2) is 0 Å². The smallest absolute Gasteiger partial charge is 0.310 e. The third-order valence-corrected chi connectivity index (χ3v) is 8.70. The van der Waals surface area contributed by atoms with E-state index in [0.29, 0.717) is 31.6 Å². The van der Waals surface area contributed by atoms with Crippen LogP contribution in [0.15, 0.2) is 73.3 Å². The molecule has 1 saturated carbocycles. The van der Waals surface area contributed by atoms with Crippen LogP contribution in [0.3, 0.4) is 0 Å². The summed E-state index contributed by atoms with van der Waals surface area (Å²) in [6, 6.07) is 18.7. The largest absolute Gasteiger partial charge is 0.451 e. The number of nitrogens with one attached hydrogen (secondary N) is 1. The van der Waals surface area contributed by atoms with Gasteiger partial charge in [-0.1, -0.05) is 113 Å². The molecule has 234 valence electrons. The number of hydrogen-bond acceptors (Lipinski definition) is 5. The maximum absolute atomic E-state index is 13.7. The first kappa shape index (κ1) is 34.0. The number of rotatable bonds is 17. The maximum atomic E-state index is 13.7. The van der Waals surface area contributed by atoms with Crippen molar-refractivity contribution in [3.8, 4) is 0 Å². The summed E-state index contributed by atoms with van der Waals surface area (Å²) >= 11 is 0. The number of carbonyl (C=O) groups is 3. The summed E-state index contributed by atoms with van der Waals surface area (Å²) in [5.74, 6) is -1.74. The molecule has 0 spiro atoms. The van der Waals surface area contributed by atoms with Gasteiger partial charge in [-0.2, -0.15) is 0 Å². The SMILES string of the molecule is C=C[C@@H](C[C@H](O)[C@H](CC1CCCCC1)NC(=O)[C@H](CC(N)=O)OC(=O)C(Cc1ccccc1)Cc1ccccc1)C(C)C. The molecule has 0 bridgehead atoms. The summed E-state index contributed by atoms with van der Waals surface area (Å²) in [5.41, 5.74) is 7.45. The summed E-state index contributed by atoms with van der Waals surface area (Å²) in [7, 11) is 0. The second-order valence-electron chi connectivity index (χ2n) is 12.5. The summed E-state index contributed by atoms with van der Waals surface area (Å²) in [6.45, 7) is 8.10. The number of amides is 2. The number of hydrogen-bond donors (Lipinski definition) is 3. The number of esters is 1. The lowest BCUT2D eigenvalue weighted by Crippen LogP contribution is -2.50. The minimum absolute atomic E-state index is 0.0803. The monoisotopic (exact) mass is 590 g/mol. The van der Waals surface area contributed by atoms with Crippen LogP contribution in [0.1, 0.15) is 76.3 Å². The van der Waals surface area contributed by atoms with Crippen molar-refractivity contribution in [3.05, 3.63) is 84.4 Å². The molecule has 0 heterocycles. The van der Waals surface area contributed by atoms with E-state index < -0.39 is 48.4 Å². The Hall–Kier alpha value is -3.45. The molecule has 4 N–H and O–H groups in total. The number of allylic oxidation sites excluding steroid dienone is 1. The normalized spacial score (nSPS) is 16.7. The number of ether oxygens (including phenoxy) is 1.